The molecule has 5 heteroatoms. The Bertz CT molecular complexity index is 721. The van der Waals surface area contributed by atoms with E-state index in [1.54, 1.807) is 0 Å². The van der Waals surface area contributed by atoms with Gasteiger partial charge in [-0.15, -0.1) is 0 Å². The summed E-state index contributed by atoms with van der Waals surface area (Å²) in [5, 5.41) is 6.63. The van der Waals surface area contributed by atoms with E-state index in [0.717, 1.165) is 50.5 Å². The van der Waals surface area contributed by atoms with E-state index < -0.39 is 0 Å². The van der Waals surface area contributed by atoms with Gasteiger partial charge in [-0.3, -0.25) is 0 Å². The molecule has 2 N–H and O–H groups in total. The van der Waals surface area contributed by atoms with Crippen LogP contribution < -0.4 is 15.4 Å². The highest BCUT2D eigenvalue weighted by Gasteiger charge is 2.20. The normalized spacial score (nSPS) is 18.8. The van der Waals surface area contributed by atoms with Crippen LogP contribution in [0.4, 0.5) is 0 Å². The third-order valence-corrected chi connectivity index (χ3v) is 4.89. The first kappa shape index (κ1) is 19.9. The number of nitrogens with one attached hydrogen (secondary N) is 2. The van der Waals surface area contributed by atoms with Gasteiger partial charge in [0, 0.05) is 25.7 Å². The van der Waals surface area contributed by atoms with Gasteiger partial charge < -0.3 is 20.3 Å². The monoisotopic (exact) mass is 385 g/mol. The molecule has 4 nitrogen and oxygen atoms in total. The highest BCUT2D eigenvalue weighted by atomic mass is 32.1. The highest BCUT2D eigenvalue weighted by molar-refractivity contribution is 7.80. The van der Waals surface area contributed by atoms with Crippen molar-refractivity contribution in [1.82, 2.24) is 15.5 Å². The lowest BCUT2D eigenvalue weighted by molar-refractivity contribution is 0.159. The minimum Gasteiger partial charge on any atom is -0.490 e. The van der Waals surface area contributed by atoms with Crippen molar-refractivity contribution in [2.45, 2.75) is 32.4 Å². The number of hydrogen-bond donors (Lipinski definition) is 3. The Labute approximate surface area is 168 Å². The van der Waals surface area contributed by atoms with E-state index in [0.29, 0.717) is 6.10 Å². The maximum Gasteiger partial charge on any atom is 0.125 e. The number of ether oxygens (including phenoxy) is 1. The Kier molecular flexibility index (Phi) is 7.30. The standard InChI is InChI=1S/C20H25N3O.C2H6S/c1-23-11-6-16-12-17(15-2-7-21-8-3-15)13-20(19(16)14-23)24-18-4-9-22-10-5-18;1-2-3/h2-3,6-7,11-13,18,21-22H,4-5,8-10,14H2,1H3;3H,2H2,1H3. The van der Waals surface area contributed by atoms with E-state index in [1.807, 2.05) is 13.1 Å². The zero-order chi connectivity index (χ0) is 19.1. The summed E-state index contributed by atoms with van der Waals surface area (Å²) in [5.74, 6) is 2.00. The van der Waals surface area contributed by atoms with Crippen molar-refractivity contribution in [3.8, 4) is 5.75 Å². The predicted octanol–water partition coefficient (Wildman–Crippen LogP) is 3.67. The average molecular weight is 386 g/mol. The van der Waals surface area contributed by atoms with Gasteiger partial charge in [0.2, 0.25) is 0 Å². The summed E-state index contributed by atoms with van der Waals surface area (Å²) >= 11 is 3.79. The average Bonchev–Trinajstić information content (AvgIpc) is 2.70. The van der Waals surface area contributed by atoms with E-state index in [1.165, 1.54) is 22.3 Å². The Morgan fingerprint density at radius 2 is 2.00 bits per heavy atom. The van der Waals surface area contributed by atoms with Crippen molar-refractivity contribution < 1.29 is 4.74 Å². The Balaban J connectivity index is 0.000000659. The lowest BCUT2D eigenvalue weighted by Gasteiger charge is -2.29. The molecule has 0 unspecified atom stereocenters. The molecule has 0 aromatic heterocycles. The molecule has 1 aromatic carbocycles. The fourth-order valence-corrected chi connectivity index (χ4v) is 3.53. The first-order chi connectivity index (χ1) is 13.2. The molecule has 0 saturated carbocycles. The van der Waals surface area contributed by atoms with Crippen LogP contribution in [0.1, 0.15) is 36.5 Å². The van der Waals surface area contributed by atoms with Crippen LogP contribution in [-0.2, 0) is 6.54 Å². The Morgan fingerprint density at radius 1 is 1.22 bits per heavy atom. The van der Waals surface area contributed by atoms with Crippen molar-refractivity contribution in [3.63, 3.8) is 0 Å². The molecule has 0 bridgehead atoms. The molecule has 0 atom stereocenters. The van der Waals surface area contributed by atoms with Crippen LogP contribution >= 0.6 is 12.6 Å². The summed E-state index contributed by atoms with van der Waals surface area (Å²) in [6.07, 6.45) is 13.2. The quantitative estimate of drug-likeness (QED) is 0.694. The number of benzene rings is 1. The highest BCUT2D eigenvalue weighted by Crippen LogP contribution is 2.34. The van der Waals surface area contributed by atoms with Gasteiger partial charge >= 0.3 is 0 Å². The number of allylic oxidation sites excluding steroid dienone is 2. The summed E-state index contributed by atoms with van der Waals surface area (Å²) < 4.78 is 6.47. The number of hydrogen-bond acceptors (Lipinski definition) is 5. The van der Waals surface area contributed by atoms with Crippen molar-refractivity contribution in [2.24, 2.45) is 0 Å². The predicted molar refractivity (Wildman–Crippen MR) is 118 cm³/mol. The van der Waals surface area contributed by atoms with Crippen LogP contribution in [0, 0.1) is 0 Å². The molecule has 0 amide bonds. The van der Waals surface area contributed by atoms with Gasteiger partial charge in [0.25, 0.3) is 0 Å². The van der Waals surface area contributed by atoms with Crippen molar-refractivity contribution in [2.75, 3.05) is 32.4 Å². The van der Waals surface area contributed by atoms with Gasteiger partial charge in [-0.1, -0.05) is 13.0 Å². The second kappa shape index (κ2) is 9.90. The number of thiol groups is 1. The summed E-state index contributed by atoms with van der Waals surface area (Å²) in [6.45, 7) is 5.87. The maximum atomic E-state index is 6.47. The van der Waals surface area contributed by atoms with Gasteiger partial charge in [-0.25, -0.2) is 0 Å². The molecule has 146 valence electrons. The molecule has 27 heavy (non-hydrogen) atoms. The SMILES string of the molecule is CCS.CN1C=Cc2cc(C3=CCNC=C3)cc(OC3CCNCC3)c2C1. The summed E-state index contributed by atoms with van der Waals surface area (Å²) in [6, 6.07) is 4.52. The van der Waals surface area contributed by atoms with Gasteiger partial charge in [-0.05, 0) is 85.1 Å². The second-order valence-corrected chi connectivity index (χ2v) is 7.69. The number of dihydropyridines is 1. The molecule has 3 heterocycles. The summed E-state index contributed by atoms with van der Waals surface area (Å²) in [7, 11) is 2.11. The van der Waals surface area contributed by atoms with E-state index in [-0.39, 0.29) is 0 Å². The fourth-order valence-electron chi connectivity index (χ4n) is 3.53. The number of fused-ring (bicyclic) bond motifs is 1. The molecule has 0 radical (unpaired) electrons. The molecule has 4 rings (SSSR count). The molecule has 3 aliphatic rings. The zero-order valence-corrected chi connectivity index (χ0v) is 17.3. The van der Waals surface area contributed by atoms with Crippen LogP contribution in [0.5, 0.6) is 5.75 Å². The first-order valence-corrected chi connectivity index (χ1v) is 10.5. The van der Waals surface area contributed by atoms with E-state index in [9.17, 15) is 0 Å². The van der Waals surface area contributed by atoms with Gasteiger partial charge in [0.15, 0.2) is 0 Å². The van der Waals surface area contributed by atoms with Crippen LogP contribution in [0.25, 0.3) is 11.6 Å². The van der Waals surface area contributed by atoms with Gasteiger partial charge in [-0.2, -0.15) is 12.6 Å². The minimum absolute atomic E-state index is 0.319. The number of piperidine rings is 1. The molecule has 1 fully saturated rings. The van der Waals surface area contributed by atoms with Crippen molar-refractivity contribution in [3.05, 3.63) is 53.4 Å². The lowest BCUT2D eigenvalue weighted by Crippen LogP contribution is -2.34. The lowest BCUT2D eigenvalue weighted by atomic mass is 9.95. The van der Waals surface area contributed by atoms with E-state index in [4.69, 9.17) is 4.74 Å². The van der Waals surface area contributed by atoms with Crippen LogP contribution in [-0.4, -0.2) is 43.4 Å². The summed E-state index contributed by atoms with van der Waals surface area (Å²) in [5.41, 5.74) is 5.09. The number of rotatable bonds is 3. The number of nitrogens with zero attached hydrogens (tertiary/aromatic N) is 1. The Hall–Kier alpha value is -1.85. The summed E-state index contributed by atoms with van der Waals surface area (Å²) in [4.78, 5) is 2.21. The molecular formula is C22H31N3OS. The van der Waals surface area contributed by atoms with E-state index >= 15 is 0 Å². The second-order valence-electron chi connectivity index (χ2n) is 7.06. The smallest absolute Gasteiger partial charge is 0.125 e. The third-order valence-electron chi connectivity index (χ3n) is 4.89. The third kappa shape index (κ3) is 5.33. The van der Waals surface area contributed by atoms with E-state index in [2.05, 4.69) is 71.8 Å². The molecule has 1 aromatic rings. The van der Waals surface area contributed by atoms with Crippen molar-refractivity contribution >= 4 is 24.3 Å². The first-order valence-electron chi connectivity index (χ1n) is 9.85. The van der Waals surface area contributed by atoms with Crippen LogP contribution in [0.15, 0.2) is 36.7 Å². The molecule has 3 aliphatic heterocycles. The molecule has 0 aliphatic carbocycles. The van der Waals surface area contributed by atoms with Gasteiger partial charge in [0.1, 0.15) is 11.9 Å². The maximum absolute atomic E-state index is 6.47. The van der Waals surface area contributed by atoms with Gasteiger partial charge in [0.05, 0.1) is 0 Å². The topological polar surface area (TPSA) is 36.5 Å². The van der Waals surface area contributed by atoms with Crippen molar-refractivity contribution in [1.29, 1.82) is 0 Å². The van der Waals surface area contributed by atoms with Crippen LogP contribution in [0.3, 0.4) is 0 Å². The largest absolute Gasteiger partial charge is 0.490 e. The van der Waals surface area contributed by atoms with Crippen LogP contribution in [0.2, 0.25) is 0 Å². The molecular weight excluding hydrogens is 354 g/mol. The molecule has 0 spiro atoms. The Morgan fingerprint density at radius 3 is 2.70 bits per heavy atom. The molecule has 1 saturated heterocycles. The fraction of sp³-hybridized carbons (Fsp3) is 0.455. The minimum atomic E-state index is 0.319. The zero-order valence-electron chi connectivity index (χ0n) is 16.4.